The highest BCUT2D eigenvalue weighted by molar-refractivity contribution is 5.85. The molecule has 7 nitrogen and oxygen atoms in total. The van der Waals surface area contributed by atoms with Gasteiger partial charge in [-0.1, -0.05) is 24.3 Å². The van der Waals surface area contributed by atoms with E-state index in [1.807, 2.05) is 35.2 Å². The Labute approximate surface area is 201 Å². The van der Waals surface area contributed by atoms with Gasteiger partial charge in [0.1, 0.15) is 6.17 Å². The standard InChI is InChI=1S/C25H26F3N7/c1-33-22(29)17-10-11-19(31-23(17)32-24(33)30)21-18(25(26,27)28)8-5-9-20(21)35-14-12-34(13-15-35)16-6-3-2-4-7-16/h2-11,22H,12-15,29H2,1H3,(H2,30,31,32). The van der Waals surface area contributed by atoms with Crippen LogP contribution < -0.4 is 21.3 Å². The van der Waals surface area contributed by atoms with Gasteiger partial charge in [0.15, 0.2) is 11.8 Å². The molecule has 2 aromatic carbocycles. The number of hydrogen-bond donors (Lipinski definition) is 2. The predicted octanol–water partition coefficient (Wildman–Crippen LogP) is 3.94. The number of halogens is 3. The Bertz CT molecular complexity index is 1250. The van der Waals surface area contributed by atoms with Crippen LogP contribution in [-0.4, -0.2) is 49.1 Å². The molecule has 0 radical (unpaired) electrons. The number of nitrogens with zero attached hydrogens (tertiary/aromatic N) is 5. The van der Waals surface area contributed by atoms with E-state index in [1.165, 1.54) is 6.07 Å². The van der Waals surface area contributed by atoms with Crippen molar-refractivity contribution in [2.45, 2.75) is 12.3 Å². The molecule has 0 amide bonds. The summed E-state index contributed by atoms with van der Waals surface area (Å²) in [4.78, 5) is 14.6. The molecule has 2 aliphatic heterocycles. The number of nitrogens with two attached hydrogens (primary N) is 2. The SMILES string of the molecule is CN1C(N)=Nc2nc(-c3c(N4CCN(c5ccccc5)CC4)cccc3C(F)(F)F)ccc2C1N. The van der Waals surface area contributed by atoms with Crippen LogP contribution in [0, 0.1) is 0 Å². The molecule has 1 fully saturated rings. The van der Waals surface area contributed by atoms with E-state index in [1.54, 1.807) is 30.1 Å². The second-order valence-corrected chi connectivity index (χ2v) is 8.64. The van der Waals surface area contributed by atoms with Gasteiger partial charge in [0.2, 0.25) is 0 Å². The Morgan fingerprint density at radius 1 is 0.886 bits per heavy atom. The predicted molar refractivity (Wildman–Crippen MR) is 132 cm³/mol. The number of hydrogen-bond acceptors (Lipinski definition) is 7. The van der Waals surface area contributed by atoms with Crippen LogP contribution in [-0.2, 0) is 6.18 Å². The van der Waals surface area contributed by atoms with Crippen LogP contribution in [0.4, 0.5) is 30.4 Å². The highest BCUT2D eigenvalue weighted by Crippen LogP contribution is 2.43. The first-order valence-electron chi connectivity index (χ1n) is 11.3. The fourth-order valence-electron chi connectivity index (χ4n) is 4.61. The molecule has 2 aliphatic rings. The molecule has 35 heavy (non-hydrogen) atoms. The van der Waals surface area contributed by atoms with Gasteiger partial charge in [-0.05, 0) is 36.4 Å². The van der Waals surface area contributed by atoms with E-state index in [0.717, 1.165) is 11.8 Å². The highest BCUT2D eigenvalue weighted by atomic mass is 19.4. The number of aromatic nitrogens is 1. The number of fused-ring (bicyclic) bond motifs is 1. The summed E-state index contributed by atoms with van der Waals surface area (Å²) in [5, 5.41) is 0. The maximum atomic E-state index is 14.2. The molecule has 5 rings (SSSR count). The van der Waals surface area contributed by atoms with Crippen molar-refractivity contribution >= 4 is 23.2 Å². The lowest BCUT2D eigenvalue weighted by molar-refractivity contribution is -0.137. The minimum atomic E-state index is -4.55. The van der Waals surface area contributed by atoms with Crippen molar-refractivity contribution in [3.8, 4) is 11.3 Å². The average Bonchev–Trinajstić information content (AvgIpc) is 2.87. The molecular formula is C25H26F3N7. The number of pyridine rings is 1. The van der Waals surface area contributed by atoms with Gasteiger partial charge < -0.3 is 26.2 Å². The van der Waals surface area contributed by atoms with Crippen molar-refractivity contribution in [1.82, 2.24) is 9.88 Å². The average molecular weight is 482 g/mol. The Morgan fingerprint density at radius 2 is 1.57 bits per heavy atom. The maximum Gasteiger partial charge on any atom is 0.417 e. The number of anilines is 2. The molecule has 182 valence electrons. The highest BCUT2D eigenvalue weighted by Gasteiger charge is 2.37. The van der Waals surface area contributed by atoms with E-state index >= 15 is 0 Å². The summed E-state index contributed by atoms with van der Waals surface area (Å²) >= 11 is 0. The van der Waals surface area contributed by atoms with Crippen LogP contribution in [0.5, 0.6) is 0 Å². The van der Waals surface area contributed by atoms with Crippen molar-refractivity contribution in [2.24, 2.45) is 16.5 Å². The lowest BCUT2D eigenvalue weighted by Crippen LogP contribution is -2.46. The Hall–Kier alpha value is -3.79. The molecule has 0 saturated carbocycles. The smallest absolute Gasteiger partial charge is 0.369 e. The molecule has 4 N–H and O–H groups in total. The van der Waals surface area contributed by atoms with E-state index in [2.05, 4.69) is 14.9 Å². The number of rotatable bonds is 3. The van der Waals surface area contributed by atoms with Crippen LogP contribution >= 0.6 is 0 Å². The second-order valence-electron chi connectivity index (χ2n) is 8.64. The Kier molecular flexibility index (Phi) is 5.76. The summed E-state index contributed by atoms with van der Waals surface area (Å²) in [5.74, 6) is 0.401. The minimum absolute atomic E-state index is 0.0391. The maximum absolute atomic E-state index is 14.2. The molecule has 0 aliphatic carbocycles. The Morgan fingerprint density at radius 3 is 2.26 bits per heavy atom. The first-order valence-corrected chi connectivity index (χ1v) is 11.3. The quantitative estimate of drug-likeness (QED) is 0.589. The van der Waals surface area contributed by atoms with Crippen LogP contribution in [0.1, 0.15) is 17.3 Å². The van der Waals surface area contributed by atoms with Crippen molar-refractivity contribution in [3.05, 3.63) is 71.8 Å². The third kappa shape index (κ3) is 4.25. The second kappa shape index (κ2) is 8.77. The molecule has 1 aromatic heterocycles. The van der Waals surface area contributed by atoms with Crippen molar-refractivity contribution < 1.29 is 13.2 Å². The molecule has 1 unspecified atom stereocenters. The molecule has 1 saturated heterocycles. The normalized spacial score (nSPS) is 18.4. The summed E-state index contributed by atoms with van der Waals surface area (Å²) in [7, 11) is 1.70. The van der Waals surface area contributed by atoms with Gasteiger partial charge in [0, 0.05) is 55.7 Å². The monoisotopic (exact) mass is 481 g/mol. The molecular weight excluding hydrogens is 455 g/mol. The zero-order chi connectivity index (χ0) is 24.7. The van der Waals surface area contributed by atoms with E-state index in [-0.39, 0.29) is 23.0 Å². The first kappa shape index (κ1) is 23.0. The molecule has 1 atom stereocenters. The Balaban J connectivity index is 1.54. The summed E-state index contributed by atoms with van der Waals surface area (Å²) in [6, 6.07) is 17.5. The molecule has 0 bridgehead atoms. The first-order chi connectivity index (χ1) is 16.7. The summed E-state index contributed by atoms with van der Waals surface area (Å²) < 4.78 is 42.5. The minimum Gasteiger partial charge on any atom is -0.369 e. The molecule has 0 spiro atoms. The molecule has 10 heteroatoms. The third-order valence-corrected chi connectivity index (χ3v) is 6.57. The van der Waals surface area contributed by atoms with Crippen molar-refractivity contribution in [2.75, 3.05) is 43.0 Å². The zero-order valence-corrected chi connectivity index (χ0v) is 19.2. The summed E-state index contributed by atoms with van der Waals surface area (Å²) in [6.45, 7) is 2.54. The number of benzene rings is 2. The number of alkyl halides is 3. The molecule has 3 aromatic rings. The summed E-state index contributed by atoms with van der Waals surface area (Å²) in [5.41, 5.74) is 13.8. The fourth-order valence-corrected chi connectivity index (χ4v) is 4.61. The van der Waals surface area contributed by atoms with Gasteiger partial charge in [-0.25, -0.2) is 4.98 Å². The number of aliphatic imine (C=N–C) groups is 1. The van der Waals surface area contributed by atoms with Gasteiger partial charge >= 0.3 is 6.18 Å². The van der Waals surface area contributed by atoms with Gasteiger partial charge in [-0.2, -0.15) is 18.2 Å². The van der Waals surface area contributed by atoms with Gasteiger partial charge in [-0.15, -0.1) is 0 Å². The van der Waals surface area contributed by atoms with Gasteiger partial charge in [-0.3, -0.25) is 0 Å². The lowest BCUT2D eigenvalue weighted by atomic mass is 9.98. The van der Waals surface area contributed by atoms with Gasteiger partial charge in [0.05, 0.1) is 11.3 Å². The zero-order valence-electron chi connectivity index (χ0n) is 19.2. The van der Waals surface area contributed by atoms with E-state index in [4.69, 9.17) is 11.5 Å². The number of guanidine groups is 1. The summed E-state index contributed by atoms with van der Waals surface area (Å²) in [6.07, 6.45) is -5.12. The van der Waals surface area contributed by atoms with E-state index < -0.39 is 17.9 Å². The van der Waals surface area contributed by atoms with Gasteiger partial charge in [0.25, 0.3) is 0 Å². The van der Waals surface area contributed by atoms with Crippen LogP contribution in [0.15, 0.2) is 65.7 Å². The largest absolute Gasteiger partial charge is 0.417 e. The van der Waals surface area contributed by atoms with Crippen LogP contribution in [0.2, 0.25) is 0 Å². The van der Waals surface area contributed by atoms with Crippen LogP contribution in [0.3, 0.4) is 0 Å². The molecule has 3 heterocycles. The number of para-hydroxylation sites is 1. The van der Waals surface area contributed by atoms with Crippen molar-refractivity contribution in [1.29, 1.82) is 0 Å². The fraction of sp³-hybridized carbons (Fsp3) is 0.280. The van der Waals surface area contributed by atoms with E-state index in [0.29, 0.717) is 37.4 Å². The van der Waals surface area contributed by atoms with Crippen LogP contribution in [0.25, 0.3) is 11.3 Å². The topological polar surface area (TPSA) is 87.0 Å². The van der Waals surface area contributed by atoms with Crippen molar-refractivity contribution in [3.63, 3.8) is 0 Å². The van der Waals surface area contributed by atoms with E-state index in [9.17, 15) is 13.2 Å². The third-order valence-electron chi connectivity index (χ3n) is 6.57. The lowest BCUT2D eigenvalue weighted by Gasteiger charge is -2.38. The number of piperazine rings is 1.